The highest BCUT2D eigenvalue weighted by Crippen LogP contribution is 2.27. The minimum atomic E-state index is -1.31. The van der Waals surface area contributed by atoms with Crippen LogP contribution in [0.3, 0.4) is 0 Å². The number of carbonyl (C=O) groups excluding carboxylic acids is 2. The molecule has 0 aliphatic rings. The second kappa shape index (κ2) is 9.35. The Bertz CT molecular complexity index is 834. The predicted molar refractivity (Wildman–Crippen MR) is 108 cm³/mol. The van der Waals surface area contributed by atoms with Gasteiger partial charge >= 0.3 is 0 Å². The van der Waals surface area contributed by atoms with Crippen LogP contribution >= 0.6 is 0 Å². The van der Waals surface area contributed by atoms with Gasteiger partial charge in [-0.2, -0.15) is 0 Å². The van der Waals surface area contributed by atoms with E-state index < -0.39 is 17.2 Å². The molecule has 0 radical (unpaired) electrons. The highest BCUT2D eigenvalue weighted by Gasteiger charge is 2.36. The standard InChI is InChI=1S/C22H27FN2O3/c1-15(2)28-19-12-8-7-11-18(19)25-21(27)22(3,4)20(26)24-14-13-16-9-5-6-10-17(16)23/h5-12,15H,13-14H2,1-4H3,(H,24,26)(H,25,27). The summed E-state index contributed by atoms with van der Waals surface area (Å²) < 4.78 is 19.4. The predicted octanol–water partition coefficient (Wildman–Crippen LogP) is 3.94. The van der Waals surface area contributed by atoms with E-state index in [9.17, 15) is 14.0 Å². The van der Waals surface area contributed by atoms with Gasteiger partial charge in [-0.15, -0.1) is 0 Å². The highest BCUT2D eigenvalue weighted by atomic mass is 19.1. The van der Waals surface area contributed by atoms with Crippen LogP contribution in [0.1, 0.15) is 33.3 Å². The maximum Gasteiger partial charge on any atom is 0.239 e. The van der Waals surface area contributed by atoms with Crippen molar-refractivity contribution in [1.82, 2.24) is 5.32 Å². The van der Waals surface area contributed by atoms with Crippen LogP contribution in [0.25, 0.3) is 0 Å². The van der Waals surface area contributed by atoms with E-state index in [0.717, 1.165) is 0 Å². The van der Waals surface area contributed by atoms with Gasteiger partial charge in [-0.05, 0) is 57.9 Å². The summed E-state index contributed by atoms with van der Waals surface area (Å²) in [6, 6.07) is 13.5. The molecule has 2 amide bonds. The summed E-state index contributed by atoms with van der Waals surface area (Å²) in [6.07, 6.45) is 0.300. The van der Waals surface area contributed by atoms with Crippen molar-refractivity contribution in [3.05, 3.63) is 59.9 Å². The van der Waals surface area contributed by atoms with Crippen molar-refractivity contribution in [3.63, 3.8) is 0 Å². The van der Waals surface area contributed by atoms with Crippen LogP contribution in [0.2, 0.25) is 0 Å². The Morgan fingerprint density at radius 1 is 1.04 bits per heavy atom. The van der Waals surface area contributed by atoms with E-state index in [1.165, 1.54) is 6.07 Å². The van der Waals surface area contributed by atoms with E-state index in [0.29, 0.717) is 23.4 Å². The highest BCUT2D eigenvalue weighted by molar-refractivity contribution is 6.10. The number of benzene rings is 2. The van der Waals surface area contributed by atoms with Gasteiger partial charge in [0.15, 0.2) is 0 Å². The smallest absolute Gasteiger partial charge is 0.239 e. The van der Waals surface area contributed by atoms with Crippen molar-refractivity contribution in [2.45, 2.75) is 40.2 Å². The summed E-state index contributed by atoms with van der Waals surface area (Å²) >= 11 is 0. The quantitative estimate of drug-likeness (QED) is 0.676. The van der Waals surface area contributed by atoms with Gasteiger partial charge in [-0.25, -0.2) is 4.39 Å². The Kier molecular flexibility index (Phi) is 7.15. The van der Waals surface area contributed by atoms with E-state index >= 15 is 0 Å². The number of anilines is 1. The molecular formula is C22H27FN2O3. The van der Waals surface area contributed by atoms with Crippen LogP contribution in [0, 0.1) is 11.2 Å². The lowest BCUT2D eigenvalue weighted by Gasteiger charge is -2.24. The summed E-state index contributed by atoms with van der Waals surface area (Å²) in [6.45, 7) is 7.13. The molecule has 28 heavy (non-hydrogen) atoms. The lowest BCUT2D eigenvalue weighted by Crippen LogP contribution is -2.45. The SMILES string of the molecule is CC(C)Oc1ccccc1NC(=O)C(C)(C)C(=O)NCCc1ccccc1F. The zero-order valence-electron chi connectivity index (χ0n) is 16.7. The first-order valence-electron chi connectivity index (χ1n) is 9.30. The van der Waals surface area contributed by atoms with Crippen LogP contribution in [-0.4, -0.2) is 24.5 Å². The number of nitrogens with one attached hydrogen (secondary N) is 2. The van der Waals surface area contributed by atoms with Gasteiger partial charge in [0, 0.05) is 6.54 Å². The normalized spacial score (nSPS) is 11.2. The minimum absolute atomic E-state index is 0.0484. The van der Waals surface area contributed by atoms with E-state index in [-0.39, 0.29) is 18.5 Å². The molecule has 2 aromatic carbocycles. The molecule has 0 aliphatic carbocycles. The van der Waals surface area contributed by atoms with Gasteiger partial charge in [0.05, 0.1) is 11.8 Å². The number of ether oxygens (including phenoxy) is 1. The first-order valence-corrected chi connectivity index (χ1v) is 9.30. The maximum absolute atomic E-state index is 13.7. The number of hydrogen-bond donors (Lipinski definition) is 2. The molecule has 0 heterocycles. The van der Waals surface area contributed by atoms with Crippen LogP contribution in [0.4, 0.5) is 10.1 Å². The summed E-state index contributed by atoms with van der Waals surface area (Å²) in [7, 11) is 0. The average Bonchev–Trinajstić information content (AvgIpc) is 2.64. The van der Waals surface area contributed by atoms with Crippen LogP contribution in [0.5, 0.6) is 5.75 Å². The molecule has 0 bridgehead atoms. The largest absolute Gasteiger partial charge is 0.489 e. The molecule has 6 heteroatoms. The third-order valence-electron chi connectivity index (χ3n) is 4.27. The number of para-hydroxylation sites is 2. The van der Waals surface area contributed by atoms with Crippen LogP contribution < -0.4 is 15.4 Å². The van der Waals surface area contributed by atoms with Gasteiger partial charge in [-0.1, -0.05) is 30.3 Å². The number of hydrogen-bond acceptors (Lipinski definition) is 3. The number of carbonyl (C=O) groups is 2. The van der Waals surface area contributed by atoms with Gasteiger partial charge in [0.2, 0.25) is 11.8 Å². The first kappa shape index (κ1) is 21.4. The molecule has 0 aliphatic heterocycles. The topological polar surface area (TPSA) is 67.4 Å². The van der Waals surface area contributed by atoms with Crippen LogP contribution in [-0.2, 0) is 16.0 Å². The lowest BCUT2D eigenvalue weighted by atomic mass is 9.90. The Hall–Kier alpha value is -2.89. The fourth-order valence-corrected chi connectivity index (χ4v) is 2.54. The molecule has 0 spiro atoms. The lowest BCUT2D eigenvalue weighted by molar-refractivity contribution is -0.138. The first-order chi connectivity index (χ1) is 13.2. The molecule has 150 valence electrons. The van der Waals surface area contributed by atoms with Crippen molar-refractivity contribution in [3.8, 4) is 5.75 Å². The average molecular weight is 386 g/mol. The van der Waals surface area contributed by atoms with Crippen molar-refractivity contribution in [1.29, 1.82) is 0 Å². The number of halogens is 1. The fraction of sp³-hybridized carbons (Fsp3) is 0.364. The Morgan fingerprint density at radius 2 is 1.68 bits per heavy atom. The molecule has 2 rings (SSSR count). The molecule has 2 N–H and O–H groups in total. The molecule has 5 nitrogen and oxygen atoms in total. The van der Waals surface area contributed by atoms with Crippen molar-refractivity contribution in [2.75, 3.05) is 11.9 Å². The number of rotatable bonds is 8. The van der Waals surface area contributed by atoms with E-state index in [2.05, 4.69) is 10.6 Å². The third kappa shape index (κ3) is 5.55. The van der Waals surface area contributed by atoms with Gasteiger partial charge < -0.3 is 15.4 Å². The minimum Gasteiger partial charge on any atom is -0.489 e. The van der Waals surface area contributed by atoms with Crippen molar-refractivity contribution >= 4 is 17.5 Å². The molecule has 0 aromatic heterocycles. The Balaban J connectivity index is 1.98. The van der Waals surface area contributed by atoms with Crippen LogP contribution in [0.15, 0.2) is 48.5 Å². The van der Waals surface area contributed by atoms with Crippen molar-refractivity contribution in [2.24, 2.45) is 5.41 Å². The summed E-state index contributed by atoms with van der Waals surface area (Å²) in [5, 5.41) is 5.48. The Morgan fingerprint density at radius 3 is 2.36 bits per heavy atom. The van der Waals surface area contributed by atoms with Gasteiger partial charge in [0.1, 0.15) is 17.0 Å². The maximum atomic E-state index is 13.7. The monoisotopic (exact) mass is 386 g/mol. The zero-order chi connectivity index (χ0) is 20.7. The van der Waals surface area contributed by atoms with E-state index in [1.54, 1.807) is 50.2 Å². The molecular weight excluding hydrogens is 359 g/mol. The summed E-state index contributed by atoms with van der Waals surface area (Å²) in [5.74, 6) is -0.642. The molecule has 0 saturated heterocycles. The van der Waals surface area contributed by atoms with Crippen molar-refractivity contribution < 1.29 is 18.7 Å². The second-order valence-corrected chi connectivity index (χ2v) is 7.34. The summed E-state index contributed by atoms with van der Waals surface area (Å²) in [4.78, 5) is 25.3. The molecule has 0 saturated carbocycles. The zero-order valence-corrected chi connectivity index (χ0v) is 16.7. The summed E-state index contributed by atoms with van der Waals surface area (Å²) in [5.41, 5.74) is -0.279. The Labute approximate surface area is 165 Å². The molecule has 0 unspecified atom stereocenters. The van der Waals surface area contributed by atoms with E-state index in [4.69, 9.17) is 4.74 Å². The van der Waals surface area contributed by atoms with E-state index in [1.807, 2.05) is 19.9 Å². The molecule has 2 aromatic rings. The fourth-order valence-electron chi connectivity index (χ4n) is 2.54. The number of amides is 2. The second-order valence-electron chi connectivity index (χ2n) is 7.34. The molecule has 0 fully saturated rings. The van der Waals surface area contributed by atoms with Gasteiger partial charge in [-0.3, -0.25) is 9.59 Å². The third-order valence-corrected chi connectivity index (χ3v) is 4.27. The van der Waals surface area contributed by atoms with Gasteiger partial charge in [0.25, 0.3) is 0 Å². The molecule has 0 atom stereocenters.